The van der Waals surface area contributed by atoms with E-state index in [4.69, 9.17) is 0 Å². The summed E-state index contributed by atoms with van der Waals surface area (Å²) in [5.74, 6) is 0.0478. The Morgan fingerprint density at radius 1 is 1.00 bits per heavy atom. The molecule has 5 heteroatoms. The van der Waals surface area contributed by atoms with Gasteiger partial charge < -0.3 is 0 Å². The fourth-order valence-corrected chi connectivity index (χ4v) is 6.84. The van der Waals surface area contributed by atoms with Crippen LogP contribution in [0.25, 0.3) is 11.1 Å². The van der Waals surface area contributed by atoms with E-state index in [0.29, 0.717) is 11.4 Å². The Morgan fingerprint density at radius 2 is 1.82 bits per heavy atom. The van der Waals surface area contributed by atoms with Gasteiger partial charge in [0.1, 0.15) is 0 Å². The number of aryl methyl sites for hydroxylation is 1. The molecule has 2 aliphatic rings. The molecule has 3 heterocycles. The maximum Gasteiger partial charge on any atom is 0.183 e. The van der Waals surface area contributed by atoms with Crippen LogP contribution in [0.15, 0.2) is 71.9 Å². The summed E-state index contributed by atoms with van der Waals surface area (Å²) in [5, 5.41) is -0.333. The van der Waals surface area contributed by atoms with E-state index < -0.39 is 9.84 Å². The number of nitrogens with zero attached hydrogens (tertiary/aromatic N) is 2. The first-order valence-corrected chi connectivity index (χ1v) is 11.1. The number of pyridine rings is 1. The smallest absolute Gasteiger partial charge is 0.183 e. The lowest BCUT2D eigenvalue weighted by Crippen LogP contribution is -2.25. The first kappa shape index (κ1) is 17.6. The molecule has 0 amide bonds. The summed E-state index contributed by atoms with van der Waals surface area (Å²) in [4.78, 5) is 6.88. The van der Waals surface area contributed by atoms with E-state index in [2.05, 4.69) is 47.1 Å². The van der Waals surface area contributed by atoms with Crippen molar-refractivity contribution in [3.8, 4) is 11.1 Å². The number of likely N-dealkylation sites (tertiary alicyclic amines) is 1. The average molecular weight is 391 g/mol. The fraction of sp³-hybridized carbons (Fsp3) is 0.261. The molecule has 1 aromatic heterocycles. The van der Waals surface area contributed by atoms with Crippen LogP contribution in [0.2, 0.25) is 0 Å². The molecule has 28 heavy (non-hydrogen) atoms. The predicted molar refractivity (Wildman–Crippen MR) is 110 cm³/mol. The number of benzene rings is 2. The van der Waals surface area contributed by atoms with Crippen molar-refractivity contribution in [2.24, 2.45) is 0 Å². The van der Waals surface area contributed by atoms with E-state index >= 15 is 0 Å². The maximum atomic E-state index is 13.1. The molecule has 1 fully saturated rings. The second-order valence-corrected chi connectivity index (χ2v) is 10.00. The maximum absolute atomic E-state index is 13.1. The molecule has 0 spiro atoms. The van der Waals surface area contributed by atoms with Crippen LogP contribution in [0.3, 0.4) is 0 Å². The summed E-state index contributed by atoms with van der Waals surface area (Å²) in [6.45, 7) is 4.26. The van der Waals surface area contributed by atoms with Gasteiger partial charge in [0, 0.05) is 37.9 Å². The molecule has 0 saturated carbocycles. The third-order valence-electron chi connectivity index (χ3n) is 5.96. The first-order valence-electron chi connectivity index (χ1n) is 9.58. The molecule has 0 bridgehead atoms. The van der Waals surface area contributed by atoms with Crippen LogP contribution < -0.4 is 0 Å². The minimum atomic E-state index is -3.27. The summed E-state index contributed by atoms with van der Waals surface area (Å²) in [6.07, 6.45) is 3.53. The number of hydrogen-bond acceptors (Lipinski definition) is 4. The van der Waals surface area contributed by atoms with E-state index in [1.807, 2.05) is 18.2 Å². The van der Waals surface area contributed by atoms with Gasteiger partial charge in [-0.15, -0.1) is 0 Å². The van der Waals surface area contributed by atoms with Gasteiger partial charge >= 0.3 is 0 Å². The summed E-state index contributed by atoms with van der Waals surface area (Å²) >= 11 is 0. The van der Waals surface area contributed by atoms with Gasteiger partial charge in [0.05, 0.1) is 10.1 Å². The molecule has 2 aliphatic heterocycles. The van der Waals surface area contributed by atoms with Gasteiger partial charge in [-0.3, -0.25) is 9.88 Å². The van der Waals surface area contributed by atoms with Crippen LogP contribution in [0, 0.1) is 6.92 Å². The molecule has 0 radical (unpaired) electrons. The lowest BCUT2D eigenvalue weighted by Gasteiger charge is -2.18. The van der Waals surface area contributed by atoms with Gasteiger partial charge in [0.25, 0.3) is 0 Å². The van der Waals surface area contributed by atoms with E-state index in [-0.39, 0.29) is 11.2 Å². The van der Waals surface area contributed by atoms with Crippen LogP contribution in [0.1, 0.15) is 22.6 Å². The number of sulfone groups is 1. The third kappa shape index (κ3) is 2.86. The Bertz CT molecular complexity index is 1140. The van der Waals surface area contributed by atoms with Gasteiger partial charge in [0.2, 0.25) is 0 Å². The zero-order valence-corrected chi connectivity index (χ0v) is 16.6. The first-order chi connectivity index (χ1) is 13.5. The SMILES string of the molecule is Cc1cccc(CN2CC3c4cc(-c5ccncc5)ccc4S(=O)(=O)C3C2)c1. The van der Waals surface area contributed by atoms with Gasteiger partial charge in [0.15, 0.2) is 9.84 Å². The molecular weight excluding hydrogens is 368 g/mol. The zero-order valence-electron chi connectivity index (χ0n) is 15.7. The van der Waals surface area contributed by atoms with Crippen molar-refractivity contribution in [2.75, 3.05) is 13.1 Å². The Labute approximate surface area is 165 Å². The number of rotatable bonds is 3. The molecule has 0 aliphatic carbocycles. The molecule has 5 rings (SSSR count). The minimum Gasteiger partial charge on any atom is -0.297 e. The standard InChI is InChI=1S/C23H22N2O2S/c1-16-3-2-4-17(11-16)13-25-14-21-20-12-19(18-7-9-24-10-8-18)5-6-22(20)28(26,27)23(21)15-25/h2-12,21,23H,13-15H2,1H3. The largest absolute Gasteiger partial charge is 0.297 e. The topological polar surface area (TPSA) is 50.3 Å². The molecule has 4 nitrogen and oxygen atoms in total. The highest BCUT2D eigenvalue weighted by molar-refractivity contribution is 7.92. The van der Waals surface area contributed by atoms with Gasteiger partial charge in [-0.2, -0.15) is 0 Å². The van der Waals surface area contributed by atoms with Gasteiger partial charge in [-0.1, -0.05) is 35.9 Å². The Balaban J connectivity index is 1.47. The Kier molecular flexibility index (Phi) is 4.11. The van der Waals surface area contributed by atoms with Crippen LogP contribution in [-0.2, 0) is 16.4 Å². The summed E-state index contributed by atoms with van der Waals surface area (Å²) in [6, 6.07) is 18.1. The molecule has 0 N–H and O–H groups in total. The van der Waals surface area contributed by atoms with Crippen LogP contribution in [-0.4, -0.2) is 36.6 Å². The Morgan fingerprint density at radius 3 is 2.61 bits per heavy atom. The monoisotopic (exact) mass is 390 g/mol. The second kappa shape index (κ2) is 6.54. The van der Waals surface area contributed by atoms with Crippen LogP contribution in [0.5, 0.6) is 0 Å². The quantitative estimate of drug-likeness (QED) is 0.682. The highest BCUT2D eigenvalue weighted by atomic mass is 32.2. The van der Waals surface area contributed by atoms with Crippen molar-refractivity contribution in [1.29, 1.82) is 0 Å². The van der Waals surface area contributed by atoms with Gasteiger partial charge in [-0.05, 0) is 53.4 Å². The number of aromatic nitrogens is 1. The Hall–Kier alpha value is -2.50. The molecule has 2 atom stereocenters. The van der Waals surface area contributed by atoms with Crippen LogP contribution in [0.4, 0.5) is 0 Å². The van der Waals surface area contributed by atoms with Crippen molar-refractivity contribution < 1.29 is 8.42 Å². The lowest BCUT2D eigenvalue weighted by atomic mass is 9.95. The molecular formula is C23H22N2O2S. The fourth-order valence-electron chi connectivity index (χ4n) is 4.65. The van der Waals surface area contributed by atoms with E-state index in [0.717, 1.165) is 29.8 Å². The van der Waals surface area contributed by atoms with Crippen LogP contribution >= 0.6 is 0 Å². The number of hydrogen-bond donors (Lipinski definition) is 0. The number of fused-ring (bicyclic) bond motifs is 3. The molecule has 3 aromatic rings. The molecule has 1 saturated heterocycles. The van der Waals surface area contributed by atoms with Crippen molar-refractivity contribution in [1.82, 2.24) is 9.88 Å². The zero-order chi connectivity index (χ0) is 19.3. The average Bonchev–Trinajstić information content (AvgIpc) is 3.20. The highest BCUT2D eigenvalue weighted by Gasteiger charge is 2.50. The summed E-state index contributed by atoms with van der Waals surface area (Å²) in [7, 11) is -3.27. The van der Waals surface area contributed by atoms with Crippen molar-refractivity contribution in [3.05, 3.63) is 83.7 Å². The van der Waals surface area contributed by atoms with E-state index in [1.54, 1.807) is 18.5 Å². The summed E-state index contributed by atoms with van der Waals surface area (Å²) < 4.78 is 26.3. The van der Waals surface area contributed by atoms with Crippen molar-refractivity contribution in [2.45, 2.75) is 29.5 Å². The highest BCUT2D eigenvalue weighted by Crippen LogP contribution is 2.46. The van der Waals surface area contributed by atoms with Crippen molar-refractivity contribution in [3.63, 3.8) is 0 Å². The van der Waals surface area contributed by atoms with E-state index in [9.17, 15) is 8.42 Å². The summed E-state index contributed by atoms with van der Waals surface area (Å²) in [5.41, 5.74) is 5.56. The molecule has 2 unspecified atom stereocenters. The van der Waals surface area contributed by atoms with E-state index in [1.165, 1.54) is 11.1 Å². The lowest BCUT2D eigenvalue weighted by molar-refractivity contribution is 0.325. The third-order valence-corrected chi connectivity index (χ3v) is 8.22. The molecule has 142 valence electrons. The predicted octanol–water partition coefficient (Wildman–Crippen LogP) is 3.81. The normalized spacial score (nSPS) is 22.8. The second-order valence-electron chi connectivity index (χ2n) is 7.86. The van der Waals surface area contributed by atoms with Crippen molar-refractivity contribution >= 4 is 9.84 Å². The minimum absolute atomic E-state index is 0.0478. The van der Waals surface area contributed by atoms with Gasteiger partial charge in [-0.25, -0.2) is 8.42 Å². The molecule has 2 aromatic carbocycles.